The summed E-state index contributed by atoms with van der Waals surface area (Å²) in [6.45, 7) is 6.79. The van der Waals surface area contributed by atoms with E-state index in [1.54, 1.807) is 0 Å². The van der Waals surface area contributed by atoms with Crippen molar-refractivity contribution in [3.05, 3.63) is 103 Å². The third-order valence-electron chi connectivity index (χ3n) is 6.14. The van der Waals surface area contributed by atoms with Crippen molar-refractivity contribution in [3.8, 4) is 0 Å². The van der Waals surface area contributed by atoms with Crippen molar-refractivity contribution in [1.82, 2.24) is 0 Å². The van der Waals surface area contributed by atoms with Crippen molar-refractivity contribution in [3.63, 3.8) is 0 Å². The Morgan fingerprint density at radius 1 is 0.733 bits per heavy atom. The van der Waals surface area contributed by atoms with Gasteiger partial charge in [0.15, 0.2) is 0 Å². The summed E-state index contributed by atoms with van der Waals surface area (Å²) in [5.41, 5.74) is 1.42. The molecule has 2 heteroatoms. The Morgan fingerprint density at radius 3 is 1.50 bits per heavy atom. The molecule has 0 aliphatic heterocycles. The van der Waals surface area contributed by atoms with E-state index in [1.165, 1.54) is 40.7 Å². The summed E-state index contributed by atoms with van der Waals surface area (Å²) >= 11 is 4.56. The van der Waals surface area contributed by atoms with Crippen LogP contribution in [0.2, 0.25) is 0 Å². The molecule has 3 aromatic carbocycles. The van der Waals surface area contributed by atoms with Gasteiger partial charge in [0.05, 0.1) is 0 Å². The number of halogens is 1. The molecule has 0 N–H and O–H groups in total. The zero-order valence-corrected chi connectivity index (χ0v) is 20.9. The first-order valence-corrected chi connectivity index (χ1v) is 15.4. The molecule has 158 valence electrons. The maximum atomic E-state index is 4.56. The van der Waals surface area contributed by atoms with Crippen LogP contribution in [0.25, 0.3) is 0 Å². The van der Waals surface area contributed by atoms with E-state index in [-0.39, 0.29) is 0 Å². The molecule has 0 aliphatic rings. The normalized spacial score (nSPS) is 13.8. The summed E-state index contributed by atoms with van der Waals surface area (Å²) in [5.74, 6) is 0.677. The molecule has 0 saturated carbocycles. The van der Waals surface area contributed by atoms with E-state index in [0.717, 1.165) is 6.16 Å². The van der Waals surface area contributed by atoms with Gasteiger partial charge in [0.25, 0.3) is 0 Å². The molecule has 0 aliphatic carbocycles. The molecule has 3 aromatic rings. The van der Waals surface area contributed by atoms with Crippen molar-refractivity contribution in [2.75, 3.05) is 6.16 Å². The summed E-state index contributed by atoms with van der Waals surface area (Å²) in [7, 11) is 0. The van der Waals surface area contributed by atoms with E-state index in [1.807, 2.05) is 0 Å². The summed E-state index contributed by atoms with van der Waals surface area (Å²) in [6.07, 6.45) is 7.10. The Bertz CT molecular complexity index is 844. The average molecular weight is 481 g/mol. The molecule has 3 rings (SSSR count). The van der Waals surface area contributed by atoms with Crippen LogP contribution in [0.4, 0.5) is 0 Å². The Hall–Kier alpha value is -1.69. The van der Waals surface area contributed by atoms with Crippen LogP contribution in [0.5, 0.6) is 0 Å². The minimum absolute atomic E-state index is 0.677. The first-order chi connectivity index (χ1) is 14.4. The molecule has 30 heavy (non-hydrogen) atoms. The van der Waals surface area contributed by atoms with Gasteiger partial charge in [-0.15, -0.1) is 0 Å². The monoisotopic (exact) mass is 480 g/mol. The van der Waals surface area contributed by atoms with Gasteiger partial charge in [0, 0.05) is 0 Å². The van der Waals surface area contributed by atoms with Gasteiger partial charge in [0.2, 0.25) is 0 Å². The zero-order chi connectivity index (χ0) is 21.5. The van der Waals surface area contributed by atoms with Gasteiger partial charge in [-0.05, 0) is 0 Å². The van der Waals surface area contributed by atoms with E-state index in [9.17, 15) is 0 Å². The molecule has 0 saturated heterocycles. The molecule has 0 fully saturated rings. The molecule has 0 nitrogen and oxygen atoms in total. The fourth-order valence-electron chi connectivity index (χ4n) is 4.31. The first-order valence-electron chi connectivity index (χ1n) is 11.0. The van der Waals surface area contributed by atoms with Gasteiger partial charge in [-0.3, -0.25) is 0 Å². The fraction of sp³-hybridized carbons (Fsp3) is 0.286. The quantitative estimate of drug-likeness (QED) is 0.218. The predicted molar refractivity (Wildman–Crippen MR) is 141 cm³/mol. The van der Waals surface area contributed by atoms with Crippen LogP contribution in [-0.2, 0) is 0 Å². The fourth-order valence-corrected chi connectivity index (χ4v) is 12.0. The van der Waals surface area contributed by atoms with Crippen molar-refractivity contribution in [2.45, 2.75) is 40.0 Å². The van der Waals surface area contributed by atoms with Crippen LogP contribution in [0, 0.1) is 5.92 Å². The molecule has 1 unspecified atom stereocenters. The minimum atomic E-state index is -2.76. The number of hydrogen-bond acceptors (Lipinski definition) is 0. The molecule has 0 amide bonds. The standard InChI is InChI=1S/C28H34BrP/c1-24(2)14-13-15-25(3)22-23-30(29,26-16-7-4-8-17-26,27-18-9-5-10-19-27)28-20-11-6-12-21-28/h4-12,14,16-21,25H,13,15,22-23H2,1-3H3. The molecule has 1 atom stereocenters. The van der Waals surface area contributed by atoms with E-state index >= 15 is 0 Å². The maximum absolute atomic E-state index is 4.56. The van der Waals surface area contributed by atoms with Crippen LogP contribution in [-0.4, -0.2) is 6.16 Å². The van der Waals surface area contributed by atoms with Crippen molar-refractivity contribution in [1.29, 1.82) is 0 Å². The first kappa shape index (κ1) is 23.0. The van der Waals surface area contributed by atoms with Crippen LogP contribution >= 0.6 is 20.8 Å². The number of rotatable bonds is 9. The molecule has 0 spiro atoms. The second-order valence-corrected chi connectivity index (χ2v) is 17.7. The number of allylic oxidation sites excluding steroid dienone is 2. The predicted octanol–water partition coefficient (Wildman–Crippen LogP) is 7.60. The number of hydrogen-bond donors (Lipinski definition) is 0. The van der Waals surface area contributed by atoms with E-state index in [2.05, 4.69) is 133 Å². The van der Waals surface area contributed by atoms with Gasteiger partial charge < -0.3 is 0 Å². The Balaban J connectivity index is 2.09. The van der Waals surface area contributed by atoms with Crippen LogP contribution in [0.15, 0.2) is 103 Å². The second-order valence-electron chi connectivity index (χ2n) is 8.67. The van der Waals surface area contributed by atoms with E-state index in [0.29, 0.717) is 5.92 Å². The summed E-state index contributed by atoms with van der Waals surface area (Å²) in [4.78, 5) is 0. The summed E-state index contributed by atoms with van der Waals surface area (Å²) in [6, 6.07) is 33.4. The molecule has 0 radical (unpaired) electrons. The van der Waals surface area contributed by atoms with Crippen LogP contribution < -0.4 is 15.9 Å². The molecule has 0 heterocycles. The average Bonchev–Trinajstić information content (AvgIpc) is 2.79. The summed E-state index contributed by atoms with van der Waals surface area (Å²) < 4.78 is 0. The van der Waals surface area contributed by atoms with Gasteiger partial charge in [-0.1, -0.05) is 0 Å². The molecular formula is C28H34BrP. The van der Waals surface area contributed by atoms with Crippen LogP contribution in [0.3, 0.4) is 0 Å². The Kier molecular flexibility index (Phi) is 7.72. The topological polar surface area (TPSA) is 0 Å². The van der Waals surface area contributed by atoms with E-state index < -0.39 is 5.31 Å². The van der Waals surface area contributed by atoms with Crippen LogP contribution in [0.1, 0.15) is 40.0 Å². The zero-order valence-electron chi connectivity index (χ0n) is 18.5. The summed E-state index contributed by atoms with van der Waals surface area (Å²) in [5, 5.41) is 1.48. The molecular weight excluding hydrogens is 447 g/mol. The SMILES string of the molecule is CC(C)=CCCC(C)CCP(Br)(c1ccccc1)(c1ccccc1)c1ccccc1. The van der Waals surface area contributed by atoms with Crippen molar-refractivity contribution >= 4 is 36.7 Å². The number of benzene rings is 3. The van der Waals surface area contributed by atoms with Gasteiger partial charge in [-0.2, -0.15) is 0 Å². The van der Waals surface area contributed by atoms with Crippen molar-refractivity contribution < 1.29 is 0 Å². The van der Waals surface area contributed by atoms with Gasteiger partial charge in [0.1, 0.15) is 0 Å². The third-order valence-corrected chi connectivity index (χ3v) is 16.1. The molecule has 0 aromatic heterocycles. The Labute approximate surface area is 191 Å². The van der Waals surface area contributed by atoms with E-state index in [4.69, 9.17) is 0 Å². The Morgan fingerprint density at radius 2 is 1.13 bits per heavy atom. The van der Waals surface area contributed by atoms with Crippen molar-refractivity contribution in [2.24, 2.45) is 5.92 Å². The second kappa shape index (κ2) is 10.1. The van der Waals surface area contributed by atoms with Gasteiger partial charge >= 0.3 is 191 Å². The van der Waals surface area contributed by atoms with Gasteiger partial charge in [-0.25, -0.2) is 0 Å². The third kappa shape index (κ3) is 4.79. The molecule has 0 bridgehead atoms.